The molecule has 146 valence electrons. The molecule has 2 heterocycles. The maximum Gasteiger partial charge on any atom is 0.338 e. The Morgan fingerprint density at radius 2 is 1.89 bits per heavy atom. The van der Waals surface area contributed by atoms with Gasteiger partial charge in [0.2, 0.25) is 0 Å². The van der Waals surface area contributed by atoms with Gasteiger partial charge >= 0.3 is 5.97 Å². The fourth-order valence-electron chi connectivity index (χ4n) is 2.73. The molecule has 7 heteroatoms. The summed E-state index contributed by atoms with van der Waals surface area (Å²) in [5.74, 6) is -0.631. The predicted octanol–water partition coefficient (Wildman–Crippen LogP) is 4.22. The summed E-state index contributed by atoms with van der Waals surface area (Å²) in [6.45, 7) is 6.50. The molecule has 2 aromatic heterocycles. The SMILES string of the molecule is CCCCOC(=O)c1ccc(NC(=O)c2cnc3c(cnn3C(C)C)c2)cc1. The molecule has 0 fully saturated rings. The number of carbonyl (C=O) groups excluding carboxylic acids is 2. The highest BCUT2D eigenvalue weighted by atomic mass is 16.5. The van der Waals surface area contributed by atoms with Crippen LogP contribution in [-0.2, 0) is 4.74 Å². The minimum Gasteiger partial charge on any atom is -0.462 e. The number of nitrogens with one attached hydrogen (secondary N) is 1. The Morgan fingerprint density at radius 3 is 2.57 bits per heavy atom. The van der Waals surface area contributed by atoms with Crippen molar-refractivity contribution >= 4 is 28.6 Å². The number of esters is 1. The van der Waals surface area contributed by atoms with Gasteiger partial charge in [0.05, 0.1) is 23.9 Å². The summed E-state index contributed by atoms with van der Waals surface area (Å²) in [5.41, 5.74) is 2.24. The summed E-state index contributed by atoms with van der Waals surface area (Å²) in [7, 11) is 0. The van der Waals surface area contributed by atoms with Crippen LogP contribution in [0.15, 0.2) is 42.7 Å². The van der Waals surface area contributed by atoms with Crippen LogP contribution in [0, 0.1) is 0 Å². The van der Waals surface area contributed by atoms with Crippen molar-refractivity contribution in [2.24, 2.45) is 0 Å². The molecular weight excluding hydrogens is 356 g/mol. The van der Waals surface area contributed by atoms with E-state index in [2.05, 4.69) is 15.4 Å². The number of ether oxygens (including phenoxy) is 1. The average molecular weight is 380 g/mol. The van der Waals surface area contributed by atoms with Gasteiger partial charge in [0.1, 0.15) is 0 Å². The number of aromatic nitrogens is 3. The summed E-state index contributed by atoms with van der Waals surface area (Å²) in [6, 6.07) is 8.59. The van der Waals surface area contributed by atoms with E-state index in [1.165, 1.54) is 6.20 Å². The standard InChI is InChI=1S/C21H24N4O3/c1-4-5-10-28-21(27)15-6-8-18(9-7-15)24-20(26)17-11-16-13-23-25(14(2)3)19(16)22-12-17/h6-9,11-14H,4-5,10H2,1-3H3,(H,24,26). The first-order chi connectivity index (χ1) is 13.5. The Bertz CT molecular complexity index is 977. The number of carbonyl (C=O) groups is 2. The molecule has 0 spiro atoms. The lowest BCUT2D eigenvalue weighted by molar-refractivity contribution is 0.0499. The molecule has 0 bridgehead atoms. The van der Waals surface area contributed by atoms with Gasteiger partial charge in [-0.1, -0.05) is 13.3 Å². The largest absolute Gasteiger partial charge is 0.462 e. The van der Waals surface area contributed by atoms with E-state index in [1.54, 1.807) is 36.5 Å². The van der Waals surface area contributed by atoms with Gasteiger partial charge in [-0.2, -0.15) is 5.10 Å². The van der Waals surface area contributed by atoms with Crippen molar-refractivity contribution in [1.29, 1.82) is 0 Å². The zero-order chi connectivity index (χ0) is 20.1. The highest BCUT2D eigenvalue weighted by Crippen LogP contribution is 2.18. The van der Waals surface area contributed by atoms with Crippen LogP contribution >= 0.6 is 0 Å². The maximum absolute atomic E-state index is 12.5. The Morgan fingerprint density at radius 1 is 1.14 bits per heavy atom. The lowest BCUT2D eigenvalue weighted by Gasteiger charge is -2.08. The van der Waals surface area contributed by atoms with E-state index in [1.807, 2.05) is 25.5 Å². The van der Waals surface area contributed by atoms with Crippen LogP contribution in [0.1, 0.15) is 60.4 Å². The van der Waals surface area contributed by atoms with Crippen molar-refractivity contribution in [3.63, 3.8) is 0 Å². The van der Waals surface area contributed by atoms with Gasteiger partial charge in [0.25, 0.3) is 5.91 Å². The molecule has 0 atom stereocenters. The predicted molar refractivity (Wildman–Crippen MR) is 107 cm³/mol. The summed E-state index contributed by atoms with van der Waals surface area (Å²) in [5, 5.41) is 7.93. The van der Waals surface area contributed by atoms with E-state index in [-0.39, 0.29) is 17.9 Å². The molecule has 0 aliphatic heterocycles. The first-order valence-corrected chi connectivity index (χ1v) is 9.41. The second kappa shape index (κ2) is 8.65. The molecular formula is C21H24N4O3. The number of hydrogen-bond acceptors (Lipinski definition) is 5. The zero-order valence-electron chi connectivity index (χ0n) is 16.3. The van der Waals surface area contributed by atoms with Crippen molar-refractivity contribution in [2.45, 2.75) is 39.7 Å². The van der Waals surface area contributed by atoms with E-state index in [4.69, 9.17) is 4.74 Å². The Labute approximate surface area is 163 Å². The van der Waals surface area contributed by atoms with Crippen molar-refractivity contribution < 1.29 is 14.3 Å². The number of fused-ring (bicyclic) bond motifs is 1. The number of pyridine rings is 1. The molecule has 0 aliphatic carbocycles. The number of hydrogen-bond donors (Lipinski definition) is 1. The number of benzene rings is 1. The molecule has 1 amide bonds. The van der Waals surface area contributed by atoms with Gasteiger partial charge in [-0.15, -0.1) is 0 Å². The second-order valence-corrected chi connectivity index (χ2v) is 6.84. The lowest BCUT2D eigenvalue weighted by atomic mass is 10.2. The summed E-state index contributed by atoms with van der Waals surface area (Å²) in [4.78, 5) is 28.8. The fraction of sp³-hybridized carbons (Fsp3) is 0.333. The summed E-state index contributed by atoms with van der Waals surface area (Å²) < 4.78 is 6.99. The molecule has 0 unspecified atom stereocenters. The normalized spacial score (nSPS) is 11.0. The van der Waals surface area contributed by atoms with Gasteiger partial charge in [0, 0.05) is 23.3 Å². The molecule has 0 radical (unpaired) electrons. The topological polar surface area (TPSA) is 86.1 Å². The van der Waals surface area contributed by atoms with Gasteiger partial charge in [-0.25, -0.2) is 14.5 Å². The van der Waals surface area contributed by atoms with E-state index in [0.29, 0.717) is 23.4 Å². The number of nitrogens with zero attached hydrogens (tertiary/aromatic N) is 3. The highest BCUT2D eigenvalue weighted by molar-refractivity contribution is 6.05. The highest BCUT2D eigenvalue weighted by Gasteiger charge is 2.13. The lowest BCUT2D eigenvalue weighted by Crippen LogP contribution is -2.13. The molecule has 0 saturated carbocycles. The molecule has 3 rings (SSSR count). The maximum atomic E-state index is 12.5. The third kappa shape index (κ3) is 4.36. The Kier molecular flexibility index (Phi) is 6.03. The zero-order valence-corrected chi connectivity index (χ0v) is 16.3. The van der Waals surface area contributed by atoms with Crippen molar-refractivity contribution in [1.82, 2.24) is 14.8 Å². The number of anilines is 1. The minimum absolute atomic E-state index is 0.192. The first kappa shape index (κ1) is 19.5. The van der Waals surface area contributed by atoms with Gasteiger partial charge in [-0.05, 0) is 50.6 Å². The Balaban J connectivity index is 1.67. The smallest absolute Gasteiger partial charge is 0.338 e. The van der Waals surface area contributed by atoms with Crippen molar-refractivity contribution in [3.8, 4) is 0 Å². The van der Waals surface area contributed by atoms with Crippen LogP contribution in [0.4, 0.5) is 5.69 Å². The van der Waals surface area contributed by atoms with Crippen LogP contribution in [0.25, 0.3) is 11.0 Å². The first-order valence-electron chi connectivity index (χ1n) is 9.41. The molecule has 1 N–H and O–H groups in total. The van der Waals surface area contributed by atoms with E-state index >= 15 is 0 Å². The third-order valence-corrected chi connectivity index (χ3v) is 4.29. The van der Waals surface area contributed by atoms with Crippen molar-refractivity contribution in [2.75, 3.05) is 11.9 Å². The van der Waals surface area contributed by atoms with E-state index < -0.39 is 0 Å². The van der Waals surface area contributed by atoms with Crippen LogP contribution in [-0.4, -0.2) is 33.2 Å². The fourth-order valence-corrected chi connectivity index (χ4v) is 2.73. The van der Waals surface area contributed by atoms with Crippen LogP contribution in [0.2, 0.25) is 0 Å². The number of rotatable bonds is 7. The van der Waals surface area contributed by atoms with Gasteiger partial charge in [-0.3, -0.25) is 4.79 Å². The molecule has 7 nitrogen and oxygen atoms in total. The average Bonchev–Trinajstić information content (AvgIpc) is 3.12. The molecule has 3 aromatic rings. The minimum atomic E-state index is -0.358. The molecule has 0 aliphatic rings. The van der Waals surface area contributed by atoms with Crippen LogP contribution in [0.5, 0.6) is 0 Å². The Hall–Kier alpha value is -3.22. The summed E-state index contributed by atoms with van der Waals surface area (Å²) in [6.07, 6.45) is 5.06. The third-order valence-electron chi connectivity index (χ3n) is 4.29. The quantitative estimate of drug-likeness (QED) is 0.490. The van der Waals surface area contributed by atoms with Crippen molar-refractivity contribution in [3.05, 3.63) is 53.9 Å². The second-order valence-electron chi connectivity index (χ2n) is 6.84. The molecule has 28 heavy (non-hydrogen) atoms. The van der Waals surface area contributed by atoms with Gasteiger partial charge < -0.3 is 10.1 Å². The van der Waals surface area contributed by atoms with E-state index in [9.17, 15) is 9.59 Å². The molecule has 0 saturated heterocycles. The summed E-state index contributed by atoms with van der Waals surface area (Å²) >= 11 is 0. The number of unbranched alkanes of at least 4 members (excludes halogenated alkanes) is 1. The monoisotopic (exact) mass is 380 g/mol. The van der Waals surface area contributed by atoms with Crippen LogP contribution < -0.4 is 5.32 Å². The molecule has 1 aromatic carbocycles. The van der Waals surface area contributed by atoms with E-state index in [0.717, 1.165) is 23.9 Å². The number of amides is 1. The van der Waals surface area contributed by atoms with Crippen LogP contribution in [0.3, 0.4) is 0 Å². The van der Waals surface area contributed by atoms with Gasteiger partial charge in [0.15, 0.2) is 5.65 Å².